The Kier molecular flexibility index (Phi) is 5.25. The van der Waals surface area contributed by atoms with Crippen molar-refractivity contribution in [2.75, 3.05) is 20.2 Å². The SMILES string of the molecule is CNCC(=O)NC1COc2ccccc2C1.Cl. The van der Waals surface area contributed by atoms with Crippen LogP contribution in [-0.4, -0.2) is 32.1 Å². The van der Waals surface area contributed by atoms with Gasteiger partial charge in [0, 0.05) is 0 Å². The highest BCUT2D eigenvalue weighted by Crippen LogP contribution is 2.23. The number of ether oxygens (including phenoxy) is 1. The van der Waals surface area contributed by atoms with Gasteiger partial charge in [-0.25, -0.2) is 0 Å². The number of amides is 1. The Morgan fingerprint density at radius 2 is 2.24 bits per heavy atom. The average molecular weight is 257 g/mol. The molecular formula is C12H17ClN2O2. The molecule has 1 atom stereocenters. The summed E-state index contributed by atoms with van der Waals surface area (Å²) in [4.78, 5) is 11.4. The molecule has 17 heavy (non-hydrogen) atoms. The lowest BCUT2D eigenvalue weighted by Crippen LogP contribution is -2.45. The first-order valence-corrected chi connectivity index (χ1v) is 5.44. The highest BCUT2D eigenvalue weighted by molar-refractivity contribution is 5.85. The van der Waals surface area contributed by atoms with Gasteiger partial charge in [-0.1, -0.05) is 18.2 Å². The number of carbonyl (C=O) groups is 1. The zero-order chi connectivity index (χ0) is 11.4. The van der Waals surface area contributed by atoms with Crippen molar-refractivity contribution in [3.05, 3.63) is 29.8 Å². The zero-order valence-corrected chi connectivity index (χ0v) is 10.5. The molecule has 1 amide bonds. The molecule has 1 heterocycles. The first-order valence-electron chi connectivity index (χ1n) is 5.44. The van der Waals surface area contributed by atoms with Gasteiger partial charge in [0.1, 0.15) is 12.4 Å². The van der Waals surface area contributed by atoms with Crippen molar-refractivity contribution in [3.8, 4) is 5.75 Å². The molecule has 0 spiro atoms. The molecule has 5 heteroatoms. The molecule has 4 nitrogen and oxygen atoms in total. The molecule has 0 fully saturated rings. The third-order valence-electron chi connectivity index (χ3n) is 2.58. The maximum atomic E-state index is 11.4. The predicted molar refractivity (Wildman–Crippen MR) is 68.7 cm³/mol. The Balaban J connectivity index is 0.00000144. The topological polar surface area (TPSA) is 50.4 Å². The summed E-state index contributed by atoms with van der Waals surface area (Å²) in [6.45, 7) is 0.893. The normalized spacial score (nSPS) is 17.4. The van der Waals surface area contributed by atoms with Gasteiger partial charge in [-0.2, -0.15) is 0 Å². The summed E-state index contributed by atoms with van der Waals surface area (Å²) >= 11 is 0. The number of carbonyl (C=O) groups excluding carboxylic acids is 1. The van der Waals surface area contributed by atoms with Crippen molar-refractivity contribution in [1.29, 1.82) is 0 Å². The van der Waals surface area contributed by atoms with Crippen molar-refractivity contribution in [2.24, 2.45) is 0 Å². The number of likely N-dealkylation sites (N-methyl/N-ethyl adjacent to an activating group) is 1. The summed E-state index contributed by atoms with van der Waals surface area (Å²) in [7, 11) is 1.76. The lowest BCUT2D eigenvalue weighted by Gasteiger charge is -2.25. The van der Waals surface area contributed by atoms with Crippen molar-refractivity contribution in [2.45, 2.75) is 12.5 Å². The van der Waals surface area contributed by atoms with Gasteiger partial charge >= 0.3 is 0 Å². The van der Waals surface area contributed by atoms with Crippen molar-refractivity contribution >= 4 is 18.3 Å². The second-order valence-corrected chi connectivity index (χ2v) is 3.92. The lowest BCUT2D eigenvalue weighted by atomic mass is 10.0. The molecule has 0 radical (unpaired) electrons. The molecule has 1 aromatic rings. The van der Waals surface area contributed by atoms with Gasteiger partial charge < -0.3 is 15.4 Å². The molecule has 2 N–H and O–H groups in total. The van der Waals surface area contributed by atoms with Crippen molar-refractivity contribution < 1.29 is 9.53 Å². The fourth-order valence-electron chi connectivity index (χ4n) is 1.86. The Hall–Kier alpha value is -1.26. The van der Waals surface area contributed by atoms with Crippen LogP contribution in [0.3, 0.4) is 0 Å². The van der Waals surface area contributed by atoms with Crippen molar-refractivity contribution in [3.63, 3.8) is 0 Å². The van der Waals surface area contributed by atoms with E-state index in [0.29, 0.717) is 13.2 Å². The molecule has 2 rings (SSSR count). The summed E-state index contributed by atoms with van der Waals surface area (Å²) in [5.74, 6) is 0.942. The Morgan fingerprint density at radius 3 is 3.00 bits per heavy atom. The van der Waals surface area contributed by atoms with E-state index in [0.717, 1.165) is 17.7 Å². The second-order valence-electron chi connectivity index (χ2n) is 3.92. The number of nitrogens with one attached hydrogen (secondary N) is 2. The number of para-hydroxylation sites is 1. The van der Waals surface area contributed by atoms with E-state index in [9.17, 15) is 4.79 Å². The van der Waals surface area contributed by atoms with E-state index in [-0.39, 0.29) is 24.4 Å². The molecule has 0 bridgehead atoms. The molecule has 0 saturated carbocycles. The Labute approximate surface area is 107 Å². The van der Waals surface area contributed by atoms with Crippen LogP contribution in [0.1, 0.15) is 5.56 Å². The van der Waals surface area contributed by atoms with Gasteiger partial charge in [-0.3, -0.25) is 4.79 Å². The van der Waals surface area contributed by atoms with Crippen LogP contribution in [0, 0.1) is 0 Å². The van der Waals surface area contributed by atoms with Crippen LogP contribution in [0.15, 0.2) is 24.3 Å². The summed E-state index contributed by atoms with van der Waals surface area (Å²) in [5, 5.41) is 5.76. The molecule has 1 unspecified atom stereocenters. The largest absolute Gasteiger partial charge is 0.491 e. The minimum atomic E-state index is 0. The van der Waals surface area contributed by atoms with Crippen LogP contribution in [0.2, 0.25) is 0 Å². The van der Waals surface area contributed by atoms with Gasteiger partial charge in [0.15, 0.2) is 0 Å². The maximum absolute atomic E-state index is 11.4. The van der Waals surface area contributed by atoms with Gasteiger partial charge in [-0.05, 0) is 25.1 Å². The van der Waals surface area contributed by atoms with Crippen LogP contribution >= 0.6 is 12.4 Å². The fourth-order valence-corrected chi connectivity index (χ4v) is 1.86. The molecule has 1 aromatic carbocycles. The lowest BCUT2D eigenvalue weighted by molar-refractivity contribution is -0.121. The summed E-state index contributed by atoms with van der Waals surface area (Å²) in [6, 6.07) is 8.02. The van der Waals surface area contributed by atoms with Gasteiger partial charge in [-0.15, -0.1) is 12.4 Å². The molecular weight excluding hydrogens is 240 g/mol. The van der Waals surface area contributed by atoms with E-state index in [2.05, 4.69) is 10.6 Å². The number of hydrogen-bond donors (Lipinski definition) is 2. The minimum Gasteiger partial charge on any atom is -0.491 e. The molecule has 94 valence electrons. The highest BCUT2D eigenvalue weighted by atomic mass is 35.5. The molecule has 0 saturated heterocycles. The van der Waals surface area contributed by atoms with E-state index in [1.54, 1.807) is 7.05 Å². The molecule has 0 aromatic heterocycles. The Morgan fingerprint density at radius 1 is 1.47 bits per heavy atom. The zero-order valence-electron chi connectivity index (χ0n) is 9.73. The average Bonchev–Trinajstić information content (AvgIpc) is 2.29. The third-order valence-corrected chi connectivity index (χ3v) is 2.58. The Bertz CT molecular complexity index is 385. The second kappa shape index (κ2) is 6.47. The monoisotopic (exact) mass is 256 g/mol. The van der Waals surface area contributed by atoms with Crippen LogP contribution in [-0.2, 0) is 11.2 Å². The van der Waals surface area contributed by atoms with Gasteiger partial charge in [0.05, 0.1) is 12.6 Å². The number of fused-ring (bicyclic) bond motifs is 1. The summed E-state index contributed by atoms with van der Waals surface area (Å²) in [6.07, 6.45) is 0.839. The first kappa shape index (κ1) is 13.8. The maximum Gasteiger partial charge on any atom is 0.234 e. The summed E-state index contributed by atoms with van der Waals surface area (Å²) < 4.78 is 5.58. The first-order chi connectivity index (χ1) is 7.79. The summed E-state index contributed by atoms with van der Waals surface area (Å²) in [5.41, 5.74) is 1.16. The number of halogens is 1. The van der Waals surface area contributed by atoms with Crippen LogP contribution in [0.25, 0.3) is 0 Å². The highest BCUT2D eigenvalue weighted by Gasteiger charge is 2.20. The van der Waals surface area contributed by atoms with E-state index in [1.165, 1.54) is 0 Å². The quantitative estimate of drug-likeness (QED) is 0.839. The predicted octanol–water partition coefficient (Wildman–Crippen LogP) is 0.747. The number of rotatable bonds is 3. The molecule has 1 aliphatic rings. The standard InChI is InChI=1S/C12H16N2O2.ClH/c1-13-7-12(15)14-10-6-9-4-2-3-5-11(9)16-8-10;/h2-5,10,13H,6-8H2,1H3,(H,14,15);1H. The van der Waals surface area contributed by atoms with E-state index < -0.39 is 0 Å². The van der Waals surface area contributed by atoms with E-state index in [4.69, 9.17) is 4.74 Å². The van der Waals surface area contributed by atoms with E-state index >= 15 is 0 Å². The van der Waals surface area contributed by atoms with Gasteiger partial charge in [0.2, 0.25) is 5.91 Å². The number of benzene rings is 1. The molecule has 0 aliphatic carbocycles. The van der Waals surface area contributed by atoms with Gasteiger partial charge in [0.25, 0.3) is 0 Å². The van der Waals surface area contributed by atoms with Crippen LogP contribution < -0.4 is 15.4 Å². The minimum absolute atomic E-state index is 0. The van der Waals surface area contributed by atoms with Crippen LogP contribution in [0.5, 0.6) is 5.75 Å². The number of hydrogen-bond acceptors (Lipinski definition) is 3. The third kappa shape index (κ3) is 3.61. The molecule has 1 aliphatic heterocycles. The van der Waals surface area contributed by atoms with E-state index in [1.807, 2.05) is 24.3 Å². The van der Waals surface area contributed by atoms with Crippen LogP contribution in [0.4, 0.5) is 0 Å². The van der Waals surface area contributed by atoms with Crippen molar-refractivity contribution in [1.82, 2.24) is 10.6 Å². The fraction of sp³-hybridized carbons (Fsp3) is 0.417. The smallest absolute Gasteiger partial charge is 0.234 e.